The zero-order valence-electron chi connectivity index (χ0n) is 15.7. The molecule has 2 aliphatic heterocycles. The largest absolute Gasteiger partial charge is 0.487 e. The van der Waals surface area contributed by atoms with Crippen LogP contribution in [0.15, 0.2) is 24.3 Å². The third-order valence-electron chi connectivity index (χ3n) is 5.20. The highest BCUT2D eigenvalue weighted by Crippen LogP contribution is 2.29. The molecule has 1 aromatic carbocycles. The quantitative estimate of drug-likeness (QED) is 0.780. The highest BCUT2D eigenvalue weighted by molar-refractivity contribution is 7.15. The van der Waals surface area contributed by atoms with Gasteiger partial charge in [-0.1, -0.05) is 12.1 Å². The van der Waals surface area contributed by atoms with E-state index in [1.54, 1.807) is 23.5 Å². The third-order valence-corrected chi connectivity index (χ3v) is 6.40. The van der Waals surface area contributed by atoms with Crippen LogP contribution in [0.25, 0.3) is 0 Å². The SMILES string of the molecule is Cc1nc(N2CCOCC2)sc1CN1CCC(Oc2ccccc2F)CC1. The van der Waals surface area contributed by atoms with Crippen molar-refractivity contribution in [3.63, 3.8) is 0 Å². The van der Waals surface area contributed by atoms with E-state index in [9.17, 15) is 4.39 Å². The summed E-state index contributed by atoms with van der Waals surface area (Å²) >= 11 is 1.80. The summed E-state index contributed by atoms with van der Waals surface area (Å²) in [7, 11) is 0. The van der Waals surface area contributed by atoms with Crippen LogP contribution in [0.4, 0.5) is 9.52 Å². The molecule has 1 aromatic heterocycles. The smallest absolute Gasteiger partial charge is 0.185 e. The molecule has 2 aliphatic rings. The lowest BCUT2D eigenvalue weighted by atomic mass is 10.1. The molecule has 2 saturated heterocycles. The first-order valence-electron chi connectivity index (χ1n) is 9.61. The first-order valence-corrected chi connectivity index (χ1v) is 10.4. The number of thiazole rings is 1. The van der Waals surface area contributed by atoms with E-state index in [1.807, 2.05) is 6.07 Å². The molecule has 0 atom stereocenters. The summed E-state index contributed by atoms with van der Waals surface area (Å²) in [5.41, 5.74) is 1.13. The minimum absolute atomic E-state index is 0.0876. The number of hydrogen-bond donors (Lipinski definition) is 0. The van der Waals surface area contributed by atoms with Gasteiger partial charge in [0.05, 0.1) is 18.9 Å². The molecule has 0 spiro atoms. The predicted molar refractivity (Wildman–Crippen MR) is 105 cm³/mol. The van der Waals surface area contributed by atoms with E-state index in [-0.39, 0.29) is 11.9 Å². The van der Waals surface area contributed by atoms with E-state index in [0.717, 1.165) is 69.6 Å². The second-order valence-corrected chi connectivity index (χ2v) is 8.19. The molecule has 2 aromatic rings. The van der Waals surface area contributed by atoms with Gasteiger partial charge in [0.2, 0.25) is 0 Å². The Bertz CT molecular complexity index is 755. The number of nitrogens with zero attached hydrogens (tertiary/aromatic N) is 3. The van der Waals surface area contributed by atoms with E-state index in [2.05, 4.69) is 16.7 Å². The van der Waals surface area contributed by atoms with Gasteiger partial charge in [-0.05, 0) is 31.9 Å². The third kappa shape index (κ3) is 4.59. The molecule has 0 amide bonds. The molecule has 3 heterocycles. The lowest BCUT2D eigenvalue weighted by Crippen LogP contribution is -2.37. The second kappa shape index (κ2) is 8.54. The van der Waals surface area contributed by atoms with Gasteiger partial charge in [0.1, 0.15) is 6.10 Å². The van der Waals surface area contributed by atoms with Crippen LogP contribution in [0.1, 0.15) is 23.4 Å². The highest BCUT2D eigenvalue weighted by Gasteiger charge is 2.23. The molecule has 0 aliphatic carbocycles. The van der Waals surface area contributed by atoms with Crippen molar-refractivity contribution in [2.24, 2.45) is 0 Å². The van der Waals surface area contributed by atoms with Crippen LogP contribution in [-0.2, 0) is 11.3 Å². The van der Waals surface area contributed by atoms with Gasteiger partial charge in [-0.25, -0.2) is 9.37 Å². The molecule has 0 bridgehead atoms. The van der Waals surface area contributed by atoms with Crippen LogP contribution in [-0.4, -0.2) is 55.4 Å². The molecule has 0 unspecified atom stereocenters. The molecule has 5 nitrogen and oxygen atoms in total. The van der Waals surface area contributed by atoms with Crippen LogP contribution in [0.5, 0.6) is 5.75 Å². The average molecular weight is 392 g/mol. The van der Waals surface area contributed by atoms with E-state index < -0.39 is 0 Å². The van der Waals surface area contributed by atoms with Crippen molar-refractivity contribution in [1.82, 2.24) is 9.88 Å². The number of likely N-dealkylation sites (tertiary alicyclic amines) is 1. The summed E-state index contributed by atoms with van der Waals surface area (Å²) in [5, 5.41) is 1.11. The molecule has 0 saturated carbocycles. The Balaban J connectivity index is 1.30. The number of morpholine rings is 1. The molecule has 146 valence electrons. The summed E-state index contributed by atoms with van der Waals surface area (Å²) in [4.78, 5) is 10.9. The lowest BCUT2D eigenvalue weighted by molar-refractivity contribution is 0.0939. The van der Waals surface area contributed by atoms with Crippen LogP contribution in [0.3, 0.4) is 0 Å². The van der Waals surface area contributed by atoms with Gasteiger partial charge in [-0.15, -0.1) is 11.3 Å². The monoisotopic (exact) mass is 391 g/mol. The number of anilines is 1. The zero-order chi connectivity index (χ0) is 18.6. The Morgan fingerprint density at radius 2 is 1.93 bits per heavy atom. The molecule has 0 radical (unpaired) electrons. The van der Waals surface area contributed by atoms with Gasteiger partial charge in [0.25, 0.3) is 0 Å². The molecular weight excluding hydrogens is 365 g/mol. The highest BCUT2D eigenvalue weighted by atomic mass is 32.1. The maximum atomic E-state index is 13.8. The van der Waals surface area contributed by atoms with E-state index in [4.69, 9.17) is 14.5 Å². The van der Waals surface area contributed by atoms with Crippen molar-refractivity contribution in [3.05, 3.63) is 40.7 Å². The molecule has 27 heavy (non-hydrogen) atoms. The topological polar surface area (TPSA) is 37.8 Å². The van der Waals surface area contributed by atoms with Crippen molar-refractivity contribution < 1.29 is 13.9 Å². The van der Waals surface area contributed by atoms with E-state index >= 15 is 0 Å². The van der Waals surface area contributed by atoms with Crippen LogP contribution >= 0.6 is 11.3 Å². The number of aromatic nitrogens is 1. The van der Waals surface area contributed by atoms with Crippen molar-refractivity contribution in [2.75, 3.05) is 44.3 Å². The van der Waals surface area contributed by atoms with Crippen molar-refractivity contribution in [1.29, 1.82) is 0 Å². The maximum Gasteiger partial charge on any atom is 0.185 e. The minimum Gasteiger partial charge on any atom is -0.487 e. The summed E-state index contributed by atoms with van der Waals surface area (Å²) in [6.07, 6.45) is 1.93. The lowest BCUT2D eigenvalue weighted by Gasteiger charge is -2.32. The second-order valence-electron chi connectivity index (χ2n) is 7.13. The fourth-order valence-corrected chi connectivity index (χ4v) is 4.71. The van der Waals surface area contributed by atoms with Crippen molar-refractivity contribution in [2.45, 2.75) is 32.4 Å². The number of ether oxygens (including phenoxy) is 2. The fraction of sp³-hybridized carbons (Fsp3) is 0.550. The van der Waals surface area contributed by atoms with Crippen LogP contribution in [0, 0.1) is 12.7 Å². The number of piperidine rings is 1. The first kappa shape index (κ1) is 18.7. The number of para-hydroxylation sites is 1. The van der Waals surface area contributed by atoms with Gasteiger partial charge >= 0.3 is 0 Å². The predicted octanol–water partition coefficient (Wildman–Crippen LogP) is 3.47. The summed E-state index contributed by atoms with van der Waals surface area (Å²) < 4.78 is 25.0. The average Bonchev–Trinajstić information content (AvgIpc) is 3.06. The summed E-state index contributed by atoms with van der Waals surface area (Å²) in [5.74, 6) is 0.0836. The minimum atomic E-state index is -0.282. The van der Waals surface area contributed by atoms with Crippen LogP contribution in [0.2, 0.25) is 0 Å². The zero-order valence-corrected chi connectivity index (χ0v) is 16.5. The normalized spacial score (nSPS) is 19.4. The Morgan fingerprint density at radius 3 is 2.67 bits per heavy atom. The van der Waals surface area contributed by atoms with Gasteiger partial charge in [0.15, 0.2) is 16.7 Å². The number of rotatable bonds is 5. The number of halogens is 1. The maximum absolute atomic E-state index is 13.8. The summed E-state index contributed by atoms with van der Waals surface area (Å²) in [6, 6.07) is 6.65. The van der Waals surface area contributed by atoms with Gasteiger partial charge in [-0.2, -0.15) is 0 Å². The molecule has 0 N–H and O–H groups in total. The Hall–Kier alpha value is -1.70. The molecular formula is C20H26FN3O2S. The Morgan fingerprint density at radius 1 is 1.19 bits per heavy atom. The summed E-state index contributed by atoms with van der Waals surface area (Å²) in [6.45, 7) is 8.36. The van der Waals surface area contributed by atoms with E-state index in [1.165, 1.54) is 10.9 Å². The molecule has 4 rings (SSSR count). The van der Waals surface area contributed by atoms with Gasteiger partial charge < -0.3 is 14.4 Å². The standard InChI is InChI=1S/C20H26FN3O2S/c1-15-19(27-20(22-15)24-10-12-25-13-11-24)14-23-8-6-16(7-9-23)26-18-5-3-2-4-17(18)21/h2-5,16H,6-14H2,1H3. The van der Waals surface area contributed by atoms with Crippen molar-refractivity contribution in [3.8, 4) is 5.75 Å². The Kier molecular flexibility index (Phi) is 5.90. The van der Waals surface area contributed by atoms with Crippen molar-refractivity contribution >= 4 is 16.5 Å². The Labute approximate surface area is 163 Å². The molecule has 2 fully saturated rings. The van der Waals surface area contributed by atoms with Gasteiger partial charge in [-0.3, -0.25) is 4.90 Å². The first-order chi connectivity index (χ1) is 13.2. The fourth-order valence-electron chi connectivity index (χ4n) is 3.56. The number of aryl methyl sites for hydroxylation is 1. The number of benzene rings is 1. The van der Waals surface area contributed by atoms with Gasteiger partial charge in [0, 0.05) is 37.6 Å². The molecule has 7 heteroatoms. The number of hydrogen-bond acceptors (Lipinski definition) is 6. The van der Waals surface area contributed by atoms with Crippen LogP contribution < -0.4 is 9.64 Å². The van der Waals surface area contributed by atoms with E-state index in [0.29, 0.717) is 5.75 Å².